The number of rotatable bonds is 2. The zero-order valence-corrected chi connectivity index (χ0v) is 12.9. The van der Waals surface area contributed by atoms with E-state index in [0.29, 0.717) is 12.1 Å². The zero-order valence-electron chi connectivity index (χ0n) is 11.4. The van der Waals surface area contributed by atoms with Crippen molar-refractivity contribution in [3.05, 3.63) is 27.7 Å². The molecule has 0 aliphatic carbocycles. The predicted octanol–water partition coefficient (Wildman–Crippen LogP) is 2.70. The van der Waals surface area contributed by atoms with Gasteiger partial charge in [0.05, 0.1) is 6.61 Å². The van der Waals surface area contributed by atoms with Gasteiger partial charge in [-0.1, -0.05) is 15.9 Å². The van der Waals surface area contributed by atoms with Gasteiger partial charge in [-0.25, -0.2) is 0 Å². The van der Waals surface area contributed by atoms with E-state index in [9.17, 15) is 0 Å². The molecule has 0 spiro atoms. The molecule has 2 aliphatic heterocycles. The molecule has 2 N–H and O–H groups in total. The average molecular weight is 325 g/mol. The molecule has 3 rings (SSSR count). The summed E-state index contributed by atoms with van der Waals surface area (Å²) in [6.45, 7) is 5.15. The topological polar surface area (TPSA) is 38.5 Å². The third-order valence-electron chi connectivity index (χ3n) is 4.25. The molecule has 1 aromatic carbocycles. The summed E-state index contributed by atoms with van der Waals surface area (Å²) in [5.74, 6) is 1.12. The number of ether oxygens (including phenoxy) is 1. The van der Waals surface area contributed by atoms with Gasteiger partial charge in [0.25, 0.3) is 0 Å². The van der Waals surface area contributed by atoms with Crippen LogP contribution in [0.3, 0.4) is 0 Å². The molecule has 0 saturated carbocycles. The number of likely N-dealkylation sites (tertiary alicyclic amines) is 1. The molecule has 0 amide bonds. The molecule has 2 atom stereocenters. The Hall–Kier alpha value is -0.580. The highest BCUT2D eigenvalue weighted by atomic mass is 79.9. The quantitative estimate of drug-likeness (QED) is 0.909. The number of nitrogens with two attached hydrogens (primary N) is 1. The van der Waals surface area contributed by atoms with Gasteiger partial charge in [0.2, 0.25) is 0 Å². The van der Waals surface area contributed by atoms with Gasteiger partial charge in [0, 0.05) is 41.6 Å². The maximum Gasteiger partial charge on any atom is 0.127 e. The minimum Gasteiger partial charge on any atom is -0.493 e. The van der Waals surface area contributed by atoms with Crippen LogP contribution in [-0.2, 0) is 13.0 Å². The SMILES string of the molecule is CC1CC(N)CCN1Cc1cc(Br)cc2c1OCC2. The van der Waals surface area contributed by atoms with Crippen molar-refractivity contribution < 1.29 is 4.74 Å². The summed E-state index contributed by atoms with van der Waals surface area (Å²) < 4.78 is 6.97. The Morgan fingerprint density at radius 2 is 2.32 bits per heavy atom. The summed E-state index contributed by atoms with van der Waals surface area (Å²) >= 11 is 3.61. The number of nitrogens with zero attached hydrogens (tertiary/aromatic N) is 1. The number of benzene rings is 1. The van der Waals surface area contributed by atoms with E-state index in [2.05, 4.69) is 39.9 Å². The van der Waals surface area contributed by atoms with E-state index < -0.39 is 0 Å². The Balaban J connectivity index is 1.80. The van der Waals surface area contributed by atoms with Gasteiger partial charge in [-0.3, -0.25) is 4.90 Å². The molecule has 3 nitrogen and oxygen atoms in total. The molecule has 19 heavy (non-hydrogen) atoms. The number of piperidine rings is 1. The van der Waals surface area contributed by atoms with Crippen molar-refractivity contribution in [2.45, 2.75) is 44.8 Å². The smallest absolute Gasteiger partial charge is 0.127 e. The highest BCUT2D eigenvalue weighted by Crippen LogP contribution is 2.34. The van der Waals surface area contributed by atoms with Crippen LogP contribution in [0.2, 0.25) is 0 Å². The summed E-state index contributed by atoms with van der Waals surface area (Å²) in [7, 11) is 0. The molecule has 4 heteroatoms. The lowest BCUT2D eigenvalue weighted by molar-refractivity contribution is 0.138. The van der Waals surface area contributed by atoms with Crippen LogP contribution in [0.5, 0.6) is 5.75 Å². The number of hydrogen-bond donors (Lipinski definition) is 1. The molecule has 0 radical (unpaired) electrons. The molecule has 2 aliphatic rings. The van der Waals surface area contributed by atoms with Gasteiger partial charge in [-0.2, -0.15) is 0 Å². The fourth-order valence-corrected chi connectivity index (χ4v) is 3.73. The van der Waals surface area contributed by atoms with Crippen molar-refractivity contribution in [1.29, 1.82) is 0 Å². The second kappa shape index (κ2) is 5.43. The van der Waals surface area contributed by atoms with Gasteiger partial charge in [0.1, 0.15) is 5.75 Å². The van der Waals surface area contributed by atoms with Crippen LogP contribution in [0.4, 0.5) is 0 Å². The number of hydrogen-bond acceptors (Lipinski definition) is 3. The minimum atomic E-state index is 0.371. The van der Waals surface area contributed by atoms with E-state index >= 15 is 0 Å². The van der Waals surface area contributed by atoms with E-state index in [4.69, 9.17) is 10.5 Å². The third-order valence-corrected chi connectivity index (χ3v) is 4.71. The molecule has 2 heterocycles. The number of halogens is 1. The summed E-state index contributed by atoms with van der Waals surface area (Å²) in [6, 6.07) is 5.31. The Morgan fingerprint density at radius 1 is 1.47 bits per heavy atom. The second-order valence-corrected chi connectivity index (χ2v) is 6.67. The Bertz CT molecular complexity index is 477. The normalized spacial score (nSPS) is 27.1. The third kappa shape index (κ3) is 2.81. The monoisotopic (exact) mass is 324 g/mol. The molecular formula is C15H21BrN2O. The maximum absolute atomic E-state index is 6.04. The lowest BCUT2D eigenvalue weighted by Crippen LogP contribution is -2.45. The van der Waals surface area contributed by atoms with Gasteiger partial charge in [-0.05, 0) is 37.5 Å². The van der Waals surface area contributed by atoms with Crippen LogP contribution >= 0.6 is 15.9 Å². The van der Waals surface area contributed by atoms with Crippen LogP contribution in [0.1, 0.15) is 30.9 Å². The van der Waals surface area contributed by atoms with Crippen molar-refractivity contribution in [1.82, 2.24) is 4.90 Å². The Labute approximate surface area is 123 Å². The van der Waals surface area contributed by atoms with E-state index in [1.165, 1.54) is 11.1 Å². The van der Waals surface area contributed by atoms with E-state index in [1.54, 1.807) is 0 Å². The van der Waals surface area contributed by atoms with Crippen LogP contribution < -0.4 is 10.5 Å². The molecule has 1 fully saturated rings. The largest absolute Gasteiger partial charge is 0.493 e. The van der Waals surface area contributed by atoms with Gasteiger partial charge >= 0.3 is 0 Å². The standard InChI is InChI=1S/C15H21BrN2O/c1-10-6-14(17)2-4-18(10)9-12-8-13(16)7-11-3-5-19-15(11)12/h7-8,10,14H,2-6,9,17H2,1H3. The van der Waals surface area contributed by atoms with Gasteiger partial charge in [-0.15, -0.1) is 0 Å². The van der Waals surface area contributed by atoms with Crippen LogP contribution in [0.15, 0.2) is 16.6 Å². The van der Waals surface area contributed by atoms with Crippen molar-refractivity contribution in [2.24, 2.45) is 5.73 Å². The first-order chi connectivity index (χ1) is 9.13. The molecule has 2 unspecified atom stereocenters. The summed E-state index contributed by atoms with van der Waals surface area (Å²) in [5.41, 5.74) is 8.68. The molecule has 0 aromatic heterocycles. The second-order valence-electron chi connectivity index (χ2n) is 5.76. The van der Waals surface area contributed by atoms with Crippen LogP contribution in [0.25, 0.3) is 0 Å². The van der Waals surface area contributed by atoms with E-state index in [-0.39, 0.29) is 0 Å². The maximum atomic E-state index is 6.04. The minimum absolute atomic E-state index is 0.371. The fourth-order valence-electron chi connectivity index (χ4n) is 3.17. The predicted molar refractivity (Wildman–Crippen MR) is 80.4 cm³/mol. The average Bonchev–Trinajstić information content (AvgIpc) is 2.80. The van der Waals surface area contributed by atoms with Crippen molar-refractivity contribution >= 4 is 15.9 Å². The summed E-state index contributed by atoms with van der Waals surface area (Å²) in [6.07, 6.45) is 3.22. The highest BCUT2D eigenvalue weighted by Gasteiger charge is 2.25. The van der Waals surface area contributed by atoms with Crippen molar-refractivity contribution in [2.75, 3.05) is 13.2 Å². The van der Waals surface area contributed by atoms with E-state index in [1.807, 2.05) is 0 Å². The highest BCUT2D eigenvalue weighted by molar-refractivity contribution is 9.10. The molecule has 1 saturated heterocycles. The Kier molecular flexibility index (Phi) is 3.83. The molecule has 104 valence electrons. The summed E-state index contributed by atoms with van der Waals surface area (Å²) in [5, 5.41) is 0. The number of fused-ring (bicyclic) bond motifs is 1. The lowest BCUT2D eigenvalue weighted by Gasteiger charge is -2.36. The first kappa shape index (κ1) is 13.4. The zero-order chi connectivity index (χ0) is 13.4. The Morgan fingerprint density at radius 3 is 3.11 bits per heavy atom. The van der Waals surface area contributed by atoms with Crippen LogP contribution in [0, 0.1) is 0 Å². The molecular weight excluding hydrogens is 304 g/mol. The molecule has 0 bridgehead atoms. The molecule has 1 aromatic rings. The fraction of sp³-hybridized carbons (Fsp3) is 0.600. The first-order valence-corrected chi connectivity index (χ1v) is 7.86. The van der Waals surface area contributed by atoms with Crippen LogP contribution in [-0.4, -0.2) is 30.1 Å². The van der Waals surface area contributed by atoms with Crippen molar-refractivity contribution in [3.8, 4) is 5.75 Å². The van der Waals surface area contributed by atoms with Crippen molar-refractivity contribution in [3.63, 3.8) is 0 Å². The first-order valence-electron chi connectivity index (χ1n) is 7.07. The van der Waals surface area contributed by atoms with Gasteiger partial charge in [0.15, 0.2) is 0 Å². The lowest BCUT2D eigenvalue weighted by atomic mass is 9.98. The van der Waals surface area contributed by atoms with E-state index in [0.717, 1.165) is 49.2 Å². The van der Waals surface area contributed by atoms with Gasteiger partial charge < -0.3 is 10.5 Å². The summed E-state index contributed by atoms with van der Waals surface area (Å²) in [4.78, 5) is 2.52.